The molecule has 0 saturated heterocycles. The van der Waals surface area contributed by atoms with Crippen molar-refractivity contribution < 1.29 is 19.0 Å². The van der Waals surface area contributed by atoms with Crippen molar-refractivity contribution in [3.8, 4) is 17.2 Å². The molecule has 2 amide bonds. The second-order valence-electron chi connectivity index (χ2n) is 5.48. The maximum atomic E-state index is 12.2. The van der Waals surface area contributed by atoms with Crippen molar-refractivity contribution in [3.05, 3.63) is 47.0 Å². The van der Waals surface area contributed by atoms with Crippen LogP contribution in [0.5, 0.6) is 17.2 Å². The van der Waals surface area contributed by atoms with Crippen molar-refractivity contribution in [2.75, 3.05) is 18.7 Å². The smallest absolute Gasteiger partial charge is 0.319 e. The van der Waals surface area contributed by atoms with Gasteiger partial charge in [0.15, 0.2) is 11.5 Å². The summed E-state index contributed by atoms with van der Waals surface area (Å²) in [5.74, 6) is 1.99. The van der Waals surface area contributed by atoms with Gasteiger partial charge >= 0.3 is 6.03 Å². The number of hydrogen-bond acceptors (Lipinski definition) is 4. The molecule has 0 aromatic heterocycles. The van der Waals surface area contributed by atoms with E-state index in [1.807, 2.05) is 25.1 Å². The highest BCUT2D eigenvalue weighted by atomic mass is 35.5. The number of nitrogens with one attached hydrogen (secondary N) is 2. The molecule has 0 saturated carbocycles. The molecule has 0 bridgehead atoms. The van der Waals surface area contributed by atoms with Crippen LogP contribution in [0.1, 0.15) is 18.9 Å². The van der Waals surface area contributed by atoms with Gasteiger partial charge < -0.3 is 24.8 Å². The highest BCUT2D eigenvalue weighted by molar-refractivity contribution is 6.31. The Hall–Kier alpha value is -2.60. The summed E-state index contributed by atoms with van der Waals surface area (Å²) in [6, 6.07) is 10.3. The van der Waals surface area contributed by atoms with Crippen LogP contribution in [0.2, 0.25) is 5.02 Å². The number of urea groups is 1. The average Bonchev–Trinajstić information content (AvgIpc) is 3.07. The van der Waals surface area contributed by atoms with E-state index in [0.29, 0.717) is 41.1 Å². The predicted molar refractivity (Wildman–Crippen MR) is 95.7 cm³/mol. The van der Waals surface area contributed by atoms with Gasteiger partial charge in [-0.2, -0.15) is 0 Å². The zero-order valence-corrected chi connectivity index (χ0v) is 14.6. The monoisotopic (exact) mass is 362 g/mol. The number of rotatable bonds is 6. The maximum Gasteiger partial charge on any atom is 0.319 e. The Balaban J connectivity index is 1.60. The third-order valence-corrected chi connectivity index (χ3v) is 3.78. The fourth-order valence-electron chi connectivity index (χ4n) is 2.34. The van der Waals surface area contributed by atoms with E-state index in [-0.39, 0.29) is 12.8 Å². The summed E-state index contributed by atoms with van der Waals surface area (Å²) in [4.78, 5) is 12.2. The summed E-state index contributed by atoms with van der Waals surface area (Å²) >= 11 is 6.01. The Morgan fingerprint density at radius 2 is 2.04 bits per heavy atom. The van der Waals surface area contributed by atoms with E-state index in [4.69, 9.17) is 25.8 Å². The van der Waals surface area contributed by atoms with E-state index in [0.717, 1.165) is 12.0 Å². The highest BCUT2D eigenvalue weighted by Gasteiger charge is 2.14. The summed E-state index contributed by atoms with van der Waals surface area (Å²) in [6.45, 7) is 3.16. The molecule has 3 rings (SSSR count). The Morgan fingerprint density at radius 1 is 1.20 bits per heavy atom. The van der Waals surface area contributed by atoms with Crippen LogP contribution in [-0.2, 0) is 6.54 Å². The Bertz CT molecular complexity index is 767. The molecule has 0 unspecified atom stereocenters. The third-order valence-electron chi connectivity index (χ3n) is 3.54. The third kappa shape index (κ3) is 4.48. The minimum absolute atomic E-state index is 0.224. The predicted octanol–water partition coefficient (Wildman–Crippen LogP) is 4.18. The van der Waals surface area contributed by atoms with Gasteiger partial charge in [-0.15, -0.1) is 0 Å². The van der Waals surface area contributed by atoms with Crippen LogP contribution in [0.25, 0.3) is 0 Å². The van der Waals surface area contributed by atoms with E-state index < -0.39 is 0 Å². The molecule has 2 N–H and O–H groups in total. The van der Waals surface area contributed by atoms with E-state index in [2.05, 4.69) is 10.6 Å². The Morgan fingerprint density at radius 3 is 2.88 bits per heavy atom. The summed E-state index contributed by atoms with van der Waals surface area (Å²) in [5.41, 5.74) is 1.44. The van der Waals surface area contributed by atoms with Crippen molar-refractivity contribution in [2.24, 2.45) is 0 Å². The Kier molecular flexibility index (Phi) is 5.50. The van der Waals surface area contributed by atoms with Gasteiger partial charge in [-0.05, 0) is 42.3 Å². The van der Waals surface area contributed by atoms with Crippen molar-refractivity contribution >= 4 is 23.3 Å². The van der Waals surface area contributed by atoms with Crippen LogP contribution >= 0.6 is 11.6 Å². The average molecular weight is 363 g/mol. The van der Waals surface area contributed by atoms with Crippen LogP contribution < -0.4 is 24.8 Å². The number of benzene rings is 2. The zero-order valence-electron chi connectivity index (χ0n) is 13.8. The van der Waals surface area contributed by atoms with Crippen molar-refractivity contribution in [1.82, 2.24) is 5.32 Å². The van der Waals surface area contributed by atoms with Gasteiger partial charge in [0.1, 0.15) is 5.75 Å². The normalized spacial score (nSPS) is 11.9. The van der Waals surface area contributed by atoms with Gasteiger partial charge in [-0.25, -0.2) is 4.79 Å². The second-order valence-corrected chi connectivity index (χ2v) is 5.92. The SMILES string of the molecule is CCCOc1ccc(Cl)cc1NC(=O)NCc1ccc2c(c1)OCO2. The van der Waals surface area contributed by atoms with Gasteiger partial charge in [0, 0.05) is 11.6 Å². The van der Waals surface area contributed by atoms with Crippen molar-refractivity contribution in [1.29, 1.82) is 0 Å². The lowest BCUT2D eigenvalue weighted by Crippen LogP contribution is -2.28. The van der Waals surface area contributed by atoms with E-state index in [9.17, 15) is 4.79 Å². The molecule has 0 aliphatic carbocycles. The number of carbonyl (C=O) groups excluding carboxylic acids is 1. The van der Waals surface area contributed by atoms with Gasteiger partial charge in [0.05, 0.1) is 12.3 Å². The Labute approximate surface area is 151 Å². The molecular formula is C18H19ClN2O4. The lowest BCUT2D eigenvalue weighted by Gasteiger charge is -2.13. The van der Waals surface area contributed by atoms with Crippen molar-refractivity contribution in [3.63, 3.8) is 0 Å². The number of ether oxygens (including phenoxy) is 3. The highest BCUT2D eigenvalue weighted by Crippen LogP contribution is 2.32. The molecule has 1 heterocycles. The second kappa shape index (κ2) is 7.98. The first kappa shape index (κ1) is 17.2. The van der Waals surface area contributed by atoms with Gasteiger partial charge in [-0.1, -0.05) is 24.6 Å². The van der Waals surface area contributed by atoms with E-state index in [1.165, 1.54) is 0 Å². The summed E-state index contributed by atoms with van der Waals surface area (Å²) < 4.78 is 16.2. The lowest BCUT2D eigenvalue weighted by atomic mass is 10.2. The molecule has 0 fully saturated rings. The van der Waals surface area contributed by atoms with Gasteiger partial charge in [0.25, 0.3) is 0 Å². The topological polar surface area (TPSA) is 68.8 Å². The summed E-state index contributed by atoms with van der Waals surface area (Å²) in [6.07, 6.45) is 0.873. The number of amides is 2. The molecule has 132 valence electrons. The molecule has 25 heavy (non-hydrogen) atoms. The first-order valence-electron chi connectivity index (χ1n) is 8.01. The number of halogens is 1. The van der Waals surface area contributed by atoms with E-state index >= 15 is 0 Å². The molecule has 0 atom stereocenters. The van der Waals surface area contributed by atoms with Gasteiger partial charge in [0.2, 0.25) is 6.79 Å². The minimum atomic E-state index is -0.346. The first-order chi connectivity index (χ1) is 12.2. The molecule has 2 aromatic rings. The number of anilines is 1. The molecule has 1 aliphatic rings. The molecule has 2 aromatic carbocycles. The van der Waals surface area contributed by atoms with Gasteiger partial charge in [-0.3, -0.25) is 0 Å². The molecule has 0 spiro atoms. The summed E-state index contributed by atoms with van der Waals surface area (Å²) in [7, 11) is 0. The van der Waals surface area contributed by atoms with Crippen LogP contribution in [0.4, 0.5) is 10.5 Å². The fraction of sp³-hybridized carbons (Fsp3) is 0.278. The molecule has 0 radical (unpaired) electrons. The maximum absolute atomic E-state index is 12.2. The first-order valence-corrected chi connectivity index (χ1v) is 8.39. The van der Waals surface area contributed by atoms with E-state index in [1.54, 1.807) is 18.2 Å². The van der Waals surface area contributed by atoms with Crippen LogP contribution in [0, 0.1) is 0 Å². The standard InChI is InChI=1S/C18H19ClN2O4/c1-2-7-23-15-6-4-13(19)9-14(15)21-18(22)20-10-12-3-5-16-17(8-12)25-11-24-16/h3-6,8-9H,2,7,10-11H2,1H3,(H2,20,21,22). The van der Waals surface area contributed by atoms with Crippen LogP contribution in [0.15, 0.2) is 36.4 Å². The van der Waals surface area contributed by atoms with Crippen LogP contribution in [-0.4, -0.2) is 19.4 Å². The largest absolute Gasteiger partial charge is 0.491 e. The number of hydrogen-bond donors (Lipinski definition) is 2. The number of fused-ring (bicyclic) bond motifs is 1. The minimum Gasteiger partial charge on any atom is -0.491 e. The fourth-order valence-corrected chi connectivity index (χ4v) is 2.51. The molecule has 1 aliphatic heterocycles. The molecule has 6 nitrogen and oxygen atoms in total. The zero-order chi connectivity index (χ0) is 17.6. The lowest BCUT2D eigenvalue weighted by molar-refractivity contribution is 0.174. The molecular weight excluding hydrogens is 344 g/mol. The molecule has 7 heteroatoms. The van der Waals surface area contributed by atoms with Crippen molar-refractivity contribution in [2.45, 2.75) is 19.9 Å². The quantitative estimate of drug-likeness (QED) is 0.808. The van der Waals surface area contributed by atoms with Crippen LogP contribution in [0.3, 0.4) is 0 Å². The number of carbonyl (C=O) groups is 1. The summed E-state index contributed by atoms with van der Waals surface area (Å²) in [5, 5.41) is 6.09.